The summed E-state index contributed by atoms with van der Waals surface area (Å²) in [7, 11) is -1.83. The zero-order valence-corrected chi connectivity index (χ0v) is 16.8. The number of aliphatic hydroxyl groups is 1. The zero-order chi connectivity index (χ0) is 18.5. The highest BCUT2D eigenvalue weighted by Gasteiger charge is 2.52. The van der Waals surface area contributed by atoms with Gasteiger partial charge in [0, 0.05) is 4.90 Å². The highest BCUT2D eigenvalue weighted by molar-refractivity contribution is 7.86. The van der Waals surface area contributed by atoms with Crippen LogP contribution in [0.15, 0.2) is 23.1 Å². The first-order valence-electron chi connectivity index (χ1n) is 8.36. The Bertz CT molecular complexity index is 636. The Balaban J connectivity index is 2.40. The number of hydrogen-bond donors (Lipinski definition) is 1. The smallest absolute Gasteiger partial charge is 0.399 e. The molecule has 0 radical (unpaired) electrons. The molecule has 24 heavy (non-hydrogen) atoms. The largest absolute Gasteiger partial charge is 0.495 e. The van der Waals surface area contributed by atoms with E-state index in [1.165, 1.54) is 0 Å². The normalized spacial score (nSPS) is 22.5. The highest BCUT2D eigenvalue weighted by atomic mass is 32.2. The van der Waals surface area contributed by atoms with E-state index >= 15 is 0 Å². The van der Waals surface area contributed by atoms with E-state index in [2.05, 4.69) is 0 Å². The van der Waals surface area contributed by atoms with Crippen molar-refractivity contribution < 1.29 is 18.6 Å². The molecular weight excluding hydrogens is 323 g/mol. The van der Waals surface area contributed by atoms with Crippen molar-refractivity contribution in [3.8, 4) is 0 Å². The van der Waals surface area contributed by atoms with E-state index in [4.69, 9.17) is 9.31 Å². The summed E-state index contributed by atoms with van der Waals surface area (Å²) < 4.78 is 24.4. The lowest BCUT2D eigenvalue weighted by atomic mass is 9.76. The first-order chi connectivity index (χ1) is 10.8. The number of hydrogen-bond acceptors (Lipinski definition) is 4. The molecule has 1 saturated heterocycles. The Hall–Kier alpha value is -0.685. The van der Waals surface area contributed by atoms with Gasteiger partial charge in [0.2, 0.25) is 0 Å². The van der Waals surface area contributed by atoms with E-state index in [1.54, 1.807) is 6.92 Å². The lowest BCUT2D eigenvalue weighted by molar-refractivity contribution is 0.00578. The maximum atomic E-state index is 12.9. The highest BCUT2D eigenvalue weighted by Crippen LogP contribution is 2.37. The molecule has 1 aromatic rings. The molecule has 6 heteroatoms. The Labute approximate surface area is 148 Å². The summed E-state index contributed by atoms with van der Waals surface area (Å²) in [5, 5.41) is 9.94. The van der Waals surface area contributed by atoms with Crippen LogP contribution in [-0.2, 0) is 20.1 Å². The van der Waals surface area contributed by atoms with E-state index < -0.39 is 40.0 Å². The molecule has 0 aliphatic carbocycles. The molecule has 1 aliphatic heterocycles. The van der Waals surface area contributed by atoms with Crippen LogP contribution in [0, 0.1) is 6.92 Å². The van der Waals surface area contributed by atoms with Crippen LogP contribution in [-0.4, -0.2) is 38.5 Å². The summed E-state index contributed by atoms with van der Waals surface area (Å²) in [6, 6.07) is 5.67. The lowest BCUT2D eigenvalue weighted by Gasteiger charge is -2.32. The van der Waals surface area contributed by atoms with Crippen LogP contribution < -0.4 is 5.46 Å². The van der Waals surface area contributed by atoms with Crippen molar-refractivity contribution in [3.63, 3.8) is 0 Å². The third kappa shape index (κ3) is 3.34. The molecule has 4 nitrogen and oxygen atoms in total. The average Bonchev–Trinajstić information content (AvgIpc) is 2.66. The second kappa shape index (κ2) is 6.24. The zero-order valence-electron chi connectivity index (χ0n) is 16.0. The molecule has 1 aliphatic rings. The van der Waals surface area contributed by atoms with Gasteiger partial charge in [0.1, 0.15) is 0 Å². The Morgan fingerprint density at radius 1 is 1.17 bits per heavy atom. The fraction of sp³-hybridized carbons (Fsp3) is 0.667. The van der Waals surface area contributed by atoms with Gasteiger partial charge in [-0.2, -0.15) is 0 Å². The molecule has 2 unspecified atom stereocenters. The van der Waals surface area contributed by atoms with Crippen LogP contribution >= 0.6 is 0 Å². The topological polar surface area (TPSA) is 55.8 Å². The van der Waals surface area contributed by atoms with Crippen molar-refractivity contribution in [2.24, 2.45) is 0 Å². The number of aryl methyl sites for hydroxylation is 1. The van der Waals surface area contributed by atoms with Crippen molar-refractivity contribution >= 4 is 23.4 Å². The molecule has 0 bridgehead atoms. The minimum absolute atomic E-state index is 0.419. The molecule has 1 N–H and O–H groups in total. The molecule has 0 spiro atoms. The summed E-state index contributed by atoms with van der Waals surface area (Å²) in [5.74, 6) is 0. The Morgan fingerprint density at radius 2 is 1.67 bits per heavy atom. The molecule has 2 rings (SSSR count). The maximum absolute atomic E-state index is 12.9. The van der Waals surface area contributed by atoms with Gasteiger partial charge in [-0.3, -0.25) is 4.21 Å². The molecule has 0 amide bonds. The molecule has 1 aromatic carbocycles. The number of benzene rings is 1. The lowest BCUT2D eigenvalue weighted by Crippen LogP contribution is -2.41. The molecule has 1 heterocycles. The minimum atomic E-state index is -1.34. The van der Waals surface area contributed by atoms with E-state index in [9.17, 15) is 9.32 Å². The molecule has 0 aromatic heterocycles. The van der Waals surface area contributed by atoms with Crippen LogP contribution in [0.4, 0.5) is 0 Å². The third-order valence-corrected chi connectivity index (χ3v) is 7.43. The van der Waals surface area contributed by atoms with Gasteiger partial charge in [-0.1, -0.05) is 11.6 Å². The van der Waals surface area contributed by atoms with Crippen LogP contribution in [0.3, 0.4) is 0 Å². The Morgan fingerprint density at radius 3 is 2.12 bits per heavy atom. The van der Waals surface area contributed by atoms with Crippen LogP contribution in [0.1, 0.15) is 54.0 Å². The quantitative estimate of drug-likeness (QED) is 0.847. The van der Waals surface area contributed by atoms with Crippen LogP contribution in [0.25, 0.3) is 0 Å². The summed E-state index contributed by atoms with van der Waals surface area (Å²) in [6.07, 6.45) is -0.681. The van der Waals surface area contributed by atoms with Crippen molar-refractivity contribution in [2.45, 2.75) is 82.3 Å². The van der Waals surface area contributed by atoms with Gasteiger partial charge in [0.05, 0.1) is 32.9 Å². The average molecular weight is 352 g/mol. The van der Waals surface area contributed by atoms with E-state index in [1.807, 2.05) is 66.7 Å². The van der Waals surface area contributed by atoms with Crippen molar-refractivity contribution in [1.29, 1.82) is 0 Å². The minimum Gasteiger partial charge on any atom is -0.399 e. The summed E-state index contributed by atoms with van der Waals surface area (Å²) >= 11 is 0. The second-order valence-corrected chi connectivity index (χ2v) is 10.2. The van der Waals surface area contributed by atoms with E-state index in [0.29, 0.717) is 4.90 Å². The van der Waals surface area contributed by atoms with E-state index in [-0.39, 0.29) is 0 Å². The molecular formula is C18H29BO4S. The SMILES string of the molecule is Cc1ccc(S(=O)C(C)(C)C(C)O)cc1B1OC(C)(C)C(C)(C)O1. The number of aliphatic hydroxyl groups excluding tert-OH is 1. The standard InChI is InChI=1S/C18H29BO4S/c1-12-9-10-14(24(21)16(3,4)13(2)20)11-15(12)19-22-17(5,6)18(7,8)23-19/h9-11,13,20H,1-8H3. The first kappa shape index (κ1) is 19.6. The fourth-order valence-electron chi connectivity index (χ4n) is 2.42. The predicted molar refractivity (Wildman–Crippen MR) is 99.1 cm³/mol. The predicted octanol–water partition coefficient (Wildman–Crippen LogP) is 2.56. The Kier molecular flexibility index (Phi) is 5.10. The maximum Gasteiger partial charge on any atom is 0.495 e. The molecule has 134 valence electrons. The van der Waals surface area contributed by atoms with Gasteiger partial charge >= 0.3 is 7.12 Å². The van der Waals surface area contributed by atoms with Gasteiger partial charge in [-0.15, -0.1) is 0 Å². The summed E-state index contributed by atoms with van der Waals surface area (Å²) in [5.41, 5.74) is 1.08. The van der Waals surface area contributed by atoms with Gasteiger partial charge in [-0.25, -0.2) is 0 Å². The van der Waals surface area contributed by atoms with Crippen molar-refractivity contribution in [1.82, 2.24) is 0 Å². The monoisotopic (exact) mass is 352 g/mol. The third-order valence-electron chi connectivity index (χ3n) is 5.46. The van der Waals surface area contributed by atoms with Gasteiger partial charge in [0.25, 0.3) is 0 Å². The van der Waals surface area contributed by atoms with Crippen LogP contribution in [0.2, 0.25) is 0 Å². The molecule has 2 atom stereocenters. The van der Waals surface area contributed by atoms with Crippen molar-refractivity contribution in [3.05, 3.63) is 23.8 Å². The molecule has 1 fully saturated rings. The van der Waals surface area contributed by atoms with Crippen molar-refractivity contribution in [2.75, 3.05) is 0 Å². The number of rotatable bonds is 4. The fourth-order valence-corrected chi connectivity index (χ4v) is 3.76. The second-order valence-electron chi connectivity index (χ2n) is 8.15. The van der Waals surface area contributed by atoms with Crippen LogP contribution in [0.5, 0.6) is 0 Å². The van der Waals surface area contributed by atoms with E-state index in [0.717, 1.165) is 11.0 Å². The summed E-state index contributed by atoms with van der Waals surface area (Å²) in [4.78, 5) is 0.677. The van der Waals surface area contributed by atoms with Gasteiger partial charge in [0.15, 0.2) is 0 Å². The summed E-state index contributed by atoms with van der Waals surface area (Å²) in [6.45, 7) is 15.3. The molecule has 0 saturated carbocycles. The first-order valence-corrected chi connectivity index (χ1v) is 9.51. The van der Waals surface area contributed by atoms with Gasteiger partial charge in [-0.05, 0) is 73.0 Å². The van der Waals surface area contributed by atoms with Gasteiger partial charge < -0.3 is 14.4 Å².